The van der Waals surface area contributed by atoms with Gasteiger partial charge < -0.3 is 10.4 Å². The van der Waals surface area contributed by atoms with Crippen LogP contribution in [0.5, 0.6) is 0 Å². The molecule has 0 amide bonds. The molecule has 0 fully saturated rings. The highest BCUT2D eigenvalue weighted by atomic mass is 16.4. The maximum absolute atomic E-state index is 10.3. The summed E-state index contributed by atoms with van der Waals surface area (Å²) in [6.45, 7) is 2.78. The quantitative estimate of drug-likeness (QED) is 0.678. The third-order valence-corrected chi connectivity index (χ3v) is 2.38. The molecule has 17 heavy (non-hydrogen) atoms. The summed E-state index contributed by atoms with van der Waals surface area (Å²) in [5.74, 6) is -0.0580. The van der Waals surface area contributed by atoms with Gasteiger partial charge in [0.05, 0.1) is 0 Å². The van der Waals surface area contributed by atoms with Crippen molar-refractivity contribution in [2.75, 3.05) is 11.9 Å². The Hall–Kier alpha value is -1.65. The van der Waals surface area contributed by atoms with Crippen molar-refractivity contribution in [3.05, 3.63) is 18.0 Å². The van der Waals surface area contributed by atoms with E-state index in [0.717, 1.165) is 37.8 Å². The van der Waals surface area contributed by atoms with Gasteiger partial charge in [-0.15, -0.1) is 0 Å². The summed E-state index contributed by atoms with van der Waals surface area (Å²) in [4.78, 5) is 18.5. The predicted octanol–water partition coefficient (Wildman–Crippen LogP) is 2.23. The van der Waals surface area contributed by atoms with Crippen LogP contribution in [0.2, 0.25) is 0 Å². The van der Waals surface area contributed by atoms with Gasteiger partial charge in [0.15, 0.2) is 0 Å². The Balaban J connectivity index is 2.01. The Morgan fingerprint density at radius 2 is 1.88 bits per heavy atom. The number of nitrogens with one attached hydrogen (secondary N) is 1. The first kappa shape index (κ1) is 13.4. The highest BCUT2D eigenvalue weighted by molar-refractivity contribution is 5.66. The molecule has 0 aromatic carbocycles. The summed E-state index contributed by atoms with van der Waals surface area (Å²) in [6.07, 6.45) is 7.60. The van der Waals surface area contributed by atoms with Crippen LogP contribution in [-0.4, -0.2) is 27.6 Å². The zero-order valence-corrected chi connectivity index (χ0v) is 10.1. The third-order valence-electron chi connectivity index (χ3n) is 2.38. The Morgan fingerprint density at radius 3 is 2.53 bits per heavy atom. The van der Waals surface area contributed by atoms with E-state index in [2.05, 4.69) is 15.3 Å². The lowest BCUT2D eigenvalue weighted by atomic mass is 10.1. The molecule has 0 aliphatic rings. The van der Waals surface area contributed by atoms with Crippen LogP contribution in [-0.2, 0) is 4.79 Å². The number of carboxylic acid groups (broad SMARTS) is 1. The monoisotopic (exact) mass is 237 g/mol. The molecule has 5 heteroatoms. The summed E-state index contributed by atoms with van der Waals surface area (Å²) >= 11 is 0. The van der Waals surface area contributed by atoms with Crippen molar-refractivity contribution in [2.45, 2.75) is 39.0 Å². The van der Waals surface area contributed by atoms with Crippen molar-refractivity contribution in [2.24, 2.45) is 0 Å². The summed E-state index contributed by atoms with van der Waals surface area (Å²) in [5, 5.41) is 11.6. The molecule has 0 unspecified atom stereocenters. The lowest BCUT2D eigenvalue weighted by molar-refractivity contribution is -0.137. The minimum atomic E-state index is -0.712. The van der Waals surface area contributed by atoms with Crippen molar-refractivity contribution in [1.82, 2.24) is 9.97 Å². The van der Waals surface area contributed by atoms with E-state index < -0.39 is 5.97 Å². The molecule has 0 bridgehead atoms. The van der Waals surface area contributed by atoms with Crippen LogP contribution in [0.1, 0.15) is 37.7 Å². The van der Waals surface area contributed by atoms with Crippen LogP contribution in [0.25, 0.3) is 0 Å². The van der Waals surface area contributed by atoms with Gasteiger partial charge in [0.2, 0.25) is 5.95 Å². The zero-order valence-electron chi connectivity index (χ0n) is 10.1. The molecular formula is C12H19N3O2. The highest BCUT2D eigenvalue weighted by Gasteiger charge is 1.97. The van der Waals surface area contributed by atoms with E-state index >= 15 is 0 Å². The molecule has 0 saturated heterocycles. The van der Waals surface area contributed by atoms with E-state index in [-0.39, 0.29) is 6.42 Å². The van der Waals surface area contributed by atoms with Crippen molar-refractivity contribution in [1.29, 1.82) is 0 Å². The highest BCUT2D eigenvalue weighted by Crippen LogP contribution is 2.04. The molecule has 1 aromatic rings. The van der Waals surface area contributed by atoms with Crippen LogP contribution in [0.3, 0.4) is 0 Å². The first-order chi connectivity index (χ1) is 8.18. The minimum Gasteiger partial charge on any atom is -0.481 e. The molecule has 0 radical (unpaired) electrons. The van der Waals surface area contributed by atoms with Gasteiger partial charge in [-0.05, 0) is 25.3 Å². The maximum atomic E-state index is 10.3. The number of unbranched alkanes of at least 4 members (excludes halogenated alkanes) is 3. The Kier molecular flexibility index (Phi) is 5.99. The lowest BCUT2D eigenvalue weighted by Gasteiger charge is -2.04. The number of aromatic nitrogens is 2. The maximum Gasteiger partial charge on any atom is 0.303 e. The smallest absolute Gasteiger partial charge is 0.303 e. The van der Waals surface area contributed by atoms with Crippen LogP contribution < -0.4 is 5.32 Å². The fraction of sp³-hybridized carbons (Fsp3) is 0.583. The lowest BCUT2D eigenvalue weighted by Crippen LogP contribution is -2.05. The zero-order chi connectivity index (χ0) is 12.5. The first-order valence-corrected chi connectivity index (χ1v) is 5.93. The predicted molar refractivity (Wildman–Crippen MR) is 66.0 cm³/mol. The molecule has 0 saturated carbocycles. The van der Waals surface area contributed by atoms with E-state index in [0.29, 0.717) is 5.95 Å². The second-order valence-electron chi connectivity index (χ2n) is 4.07. The van der Waals surface area contributed by atoms with E-state index in [1.807, 2.05) is 6.92 Å². The SMILES string of the molecule is Cc1cnc(NCCCCCCC(=O)O)nc1. The molecule has 1 heterocycles. The number of hydrogen-bond acceptors (Lipinski definition) is 4. The number of nitrogens with zero attached hydrogens (tertiary/aromatic N) is 2. The average Bonchev–Trinajstić information content (AvgIpc) is 2.30. The Morgan fingerprint density at radius 1 is 1.24 bits per heavy atom. The van der Waals surface area contributed by atoms with Crippen molar-refractivity contribution < 1.29 is 9.90 Å². The number of carboxylic acids is 1. The van der Waals surface area contributed by atoms with Crippen LogP contribution >= 0.6 is 0 Å². The number of anilines is 1. The molecule has 1 rings (SSSR count). The van der Waals surface area contributed by atoms with E-state index in [1.165, 1.54) is 0 Å². The van der Waals surface area contributed by atoms with Crippen LogP contribution in [0, 0.1) is 6.92 Å². The molecular weight excluding hydrogens is 218 g/mol. The summed E-state index contributed by atoms with van der Waals surface area (Å²) in [7, 11) is 0. The van der Waals surface area contributed by atoms with E-state index in [4.69, 9.17) is 5.11 Å². The minimum absolute atomic E-state index is 0.272. The standard InChI is InChI=1S/C12H19N3O2/c1-10-8-14-12(15-9-10)13-7-5-3-2-4-6-11(16)17/h8-9H,2-7H2,1H3,(H,16,17)(H,13,14,15). The van der Waals surface area contributed by atoms with Crippen molar-refractivity contribution in [3.63, 3.8) is 0 Å². The largest absolute Gasteiger partial charge is 0.481 e. The molecule has 0 aliphatic carbocycles. The second-order valence-corrected chi connectivity index (χ2v) is 4.07. The fourth-order valence-electron chi connectivity index (χ4n) is 1.44. The number of carbonyl (C=O) groups is 1. The van der Waals surface area contributed by atoms with E-state index in [1.54, 1.807) is 12.4 Å². The fourth-order valence-corrected chi connectivity index (χ4v) is 1.44. The van der Waals surface area contributed by atoms with Gasteiger partial charge in [-0.3, -0.25) is 4.79 Å². The Labute approximate surface area is 101 Å². The molecule has 1 aromatic heterocycles. The van der Waals surface area contributed by atoms with E-state index in [9.17, 15) is 4.79 Å². The first-order valence-electron chi connectivity index (χ1n) is 5.93. The number of aryl methyl sites for hydroxylation is 1. The summed E-state index contributed by atoms with van der Waals surface area (Å²) in [6, 6.07) is 0. The molecule has 94 valence electrons. The molecule has 5 nitrogen and oxygen atoms in total. The number of rotatable bonds is 8. The Bertz CT molecular complexity index is 338. The van der Waals surface area contributed by atoms with Crippen molar-refractivity contribution in [3.8, 4) is 0 Å². The number of aliphatic carboxylic acids is 1. The molecule has 0 atom stereocenters. The second kappa shape index (κ2) is 7.60. The molecule has 2 N–H and O–H groups in total. The average molecular weight is 237 g/mol. The van der Waals surface area contributed by atoms with Gasteiger partial charge in [0.25, 0.3) is 0 Å². The van der Waals surface area contributed by atoms with Gasteiger partial charge in [0, 0.05) is 25.4 Å². The summed E-state index contributed by atoms with van der Waals surface area (Å²) < 4.78 is 0. The van der Waals surface area contributed by atoms with Gasteiger partial charge in [-0.2, -0.15) is 0 Å². The topological polar surface area (TPSA) is 75.1 Å². The molecule has 0 aliphatic heterocycles. The van der Waals surface area contributed by atoms with Gasteiger partial charge in [0.1, 0.15) is 0 Å². The van der Waals surface area contributed by atoms with Gasteiger partial charge in [-0.25, -0.2) is 9.97 Å². The number of hydrogen-bond donors (Lipinski definition) is 2. The molecule has 0 spiro atoms. The third kappa shape index (κ3) is 6.50. The van der Waals surface area contributed by atoms with Crippen LogP contribution in [0.15, 0.2) is 12.4 Å². The summed E-state index contributed by atoms with van der Waals surface area (Å²) in [5.41, 5.74) is 1.05. The van der Waals surface area contributed by atoms with Crippen LogP contribution in [0.4, 0.5) is 5.95 Å². The van der Waals surface area contributed by atoms with Gasteiger partial charge >= 0.3 is 5.97 Å². The normalized spacial score (nSPS) is 10.2. The van der Waals surface area contributed by atoms with Gasteiger partial charge in [-0.1, -0.05) is 12.8 Å². The van der Waals surface area contributed by atoms with Crippen molar-refractivity contribution >= 4 is 11.9 Å².